The van der Waals surface area contributed by atoms with Crippen LogP contribution < -0.4 is 4.90 Å². The highest BCUT2D eigenvalue weighted by Gasteiger charge is 2.29. The molecule has 0 aromatic carbocycles. The first kappa shape index (κ1) is 12.6. The fourth-order valence-electron chi connectivity index (χ4n) is 2.20. The van der Waals surface area contributed by atoms with Gasteiger partial charge in [-0.15, -0.1) is 0 Å². The summed E-state index contributed by atoms with van der Waals surface area (Å²) in [6.07, 6.45) is 6.31. The predicted molar refractivity (Wildman–Crippen MR) is 75.3 cm³/mol. The summed E-state index contributed by atoms with van der Waals surface area (Å²) in [7, 11) is 3.95. The minimum absolute atomic E-state index is 0.101. The van der Waals surface area contributed by atoms with Gasteiger partial charge in [0, 0.05) is 38.3 Å². The fourth-order valence-corrected chi connectivity index (χ4v) is 3.16. The maximum absolute atomic E-state index is 9.42. The highest BCUT2D eigenvalue weighted by atomic mass is 32.1. The lowest BCUT2D eigenvalue weighted by Gasteiger charge is -2.14. The van der Waals surface area contributed by atoms with E-state index in [9.17, 15) is 5.11 Å². The number of aromatic nitrogens is 3. The lowest BCUT2D eigenvalue weighted by atomic mass is 10.2. The highest BCUT2D eigenvalue weighted by molar-refractivity contribution is 7.15. The van der Waals surface area contributed by atoms with Crippen molar-refractivity contribution in [2.24, 2.45) is 7.05 Å². The van der Waals surface area contributed by atoms with Gasteiger partial charge in [0.1, 0.15) is 0 Å². The summed E-state index contributed by atoms with van der Waals surface area (Å²) in [6.45, 7) is 0.889. The molecule has 102 valence electrons. The summed E-state index contributed by atoms with van der Waals surface area (Å²) in [5.41, 5.74) is 2.28. The lowest BCUT2D eigenvalue weighted by Crippen LogP contribution is -2.15. The number of nitrogens with zero attached hydrogens (tertiary/aromatic N) is 4. The molecular formula is C13H18N4OS. The third kappa shape index (κ3) is 2.64. The number of anilines is 1. The number of aryl methyl sites for hydroxylation is 1. The van der Waals surface area contributed by atoms with E-state index < -0.39 is 0 Å². The molecule has 0 spiro atoms. The topological polar surface area (TPSA) is 54.2 Å². The summed E-state index contributed by atoms with van der Waals surface area (Å²) in [6, 6.07) is 0. The van der Waals surface area contributed by atoms with E-state index in [-0.39, 0.29) is 6.61 Å². The van der Waals surface area contributed by atoms with Gasteiger partial charge in [-0.1, -0.05) is 11.3 Å². The second-order valence-electron chi connectivity index (χ2n) is 5.12. The fraction of sp³-hybridized carbons (Fsp3) is 0.538. The molecule has 0 atom stereocenters. The zero-order valence-electron chi connectivity index (χ0n) is 11.2. The molecule has 5 nitrogen and oxygen atoms in total. The van der Waals surface area contributed by atoms with Crippen molar-refractivity contribution in [1.82, 2.24) is 14.8 Å². The van der Waals surface area contributed by atoms with Gasteiger partial charge in [0.2, 0.25) is 0 Å². The number of thiazole rings is 1. The molecule has 1 fully saturated rings. The van der Waals surface area contributed by atoms with Gasteiger partial charge in [-0.3, -0.25) is 4.68 Å². The highest BCUT2D eigenvalue weighted by Crippen LogP contribution is 2.44. The molecule has 0 unspecified atom stereocenters. The zero-order chi connectivity index (χ0) is 13.4. The zero-order valence-corrected chi connectivity index (χ0v) is 12.0. The maximum atomic E-state index is 9.42. The van der Waals surface area contributed by atoms with Crippen LogP contribution in [0, 0.1) is 0 Å². The SMILES string of the molecule is CN(Cc1cnn(C)c1)c1nc(C2CC2)c(CO)s1. The molecule has 2 aromatic rings. The average Bonchev–Trinajstić information content (AvgIpc) is 3.01. The lowest BCUT2D eigenvalue weighted by molar-refractivity contribution is 0.284. The van der Waals surface area contributed by atoms with Crippen molar-refractivity contribution in [3.8, 4) is 0 Å². The Morgan fingerprint density at radius 3 is 2.89 bits per heavy atom. The van der Waals surface area contributed by atoms with Crippen LogP contribution in [-0.2, 0) is 20.2 Å². The molecule has 1 aliphatic rings. The Labute approximate surface area is 116 Å². The molecule has 2 aromatic heterocycles. The van der Waals surface area contributed by atoms with E-state index in [1.165, 1.54) is 18.4 Å². The third-order valence-corrected chi connectivity index (χ3v) is 4.50. The van der Waals surface area contributed by atoms with Crippen LogP contribution in [0.4, 0.5) is 5.13 Å². The van der Waals surface area contributed by atoms with Gasteiger partial charge >= 0.3 is 0 Å². The van der Waals surface area contributed by atoms with Gasteiger partial charge in [0.15, 0.2) is 5.13 Å². The molecule has 6 heteroatoms. The van der Waals surface area contributed by atoms with E-state index in [4.69, 9.17) is 4.98 Å². The standard InChI is InChI=1S/C13H18N4OS/c1-16(6-9-5-14-17(2)7-9)13-15-12(10-3-4-10)11(8-18)19-13/h5,7,10,18H,3-4,6,8H2,1-2H3. The Bertz CT molecular complexity index is 573. The molecule has 1 saturated carbocycles. The second kappa shape index (κ2) is 4.94. The van der Waals surface area contributed by atoms with Crippen molar-refractivity contribution < 1.29 is 5.11 Å². The van der Waals surface area contributed by atoms with Crippen LogP contribution in [0.15, 0.2) is 12.4 Å². The normalized spacial score (nSPS) is 14.9. The monoisotopic (exact) mass is 278 g/mol. The molecule has 2 heterocycles. The van der Waals surface area contributed by atoms with Gasteiger partial charge in [0.25, 0.3) is 0 Å². The second-order valence-corrected chi connectivity index (χ2v) is 6.18. The van der Waals surface area contributed by atoms with Gasteiger partial charge in [-0.2, -0.15) is 5.10 Å². The van der Waals surface area contributed by atoms with Gasteiger partial charge in [0.05, 0.1) is 23.4 Å². The minimum Gasteiger partial charge on any atom is -0.391 e. The van der Waals surface area contributed by atoms with Crippen molar-refractivity contribution in [1.29, 1.82) is 0 Å². The molecule has 19 heavy (non-hydrogen) atoms. The van der Waals surface area contributed by atoms with Gasteiger partial charge < -0.3 is 10.0 Å². The van der Waals surface area contributed by atoms with Crippen LogP contribution >= 0.6 is 11.3 Å². The molecule has 1 N–H and O–H groups in total. The Balaban J connectivity index is 1.77. The van der Waals surface area contributed by atoms with E-state index in [0.717, 1.165) is 22.2 Å². The Morgan fingerprint density at radius 2 is 2.32 bits per heavy atom. The van der Waals surface area contributed by atoms with Crippen LogP contribution in [0.1, 0.15) is 34.9 Å². The maximum Gasteiger partial charge on any atom is 0.185 e. The van der Waals surface area contributed by atoms with Crippen molar-refractivity contribution in [3.63, 3.8) is 0 Å². The van der Waals surface area contributed by atoms with E-state index in [2.05, 4.69) is 10.00 Å². The van der Waals surface area contributed by atoms with Crippen LogP contribution in [0.5, 0.6) is 0 Å². The minimum atomic E-state index is 0.101. The summed E-state index contributed by atoms with van der Waals surface area (Å²) in [4.78, 5) is 7.84. The van der Waals surface area contributed by atoms with Crippen LogP contribution in [0.3, 0.4) is 0 Å². The van der Waals surface area contributed by atoms with Crippen LogP contribution in [0.25, 0.3) is 0 Å². The van der Waals surface area contributed by atoms with Gasteiger partial charge in [-0.25, -0.2) is 4.98 Å². The average molecular weight is 278 g/mol. The molecule has 3 rings (SSSR count). The summed E-state index contributed by atoms with van der Waals surface area (Å²) in [5, 5.41) is 14.6. The molecule has 0 saturated heterocycles. The van der Waals surface area contributed by atoms with Crippen molar-refractivity contribution >= 4 is 16.5 Å². The Morgan fingerprint density at radius 1 is 1.53 bits per heavy atom. The molecule has 0 bridgehead atoms. The van der Waals surface area contributed by atoms with Crippen molar-refractivity contribution in [2.75, 3.05) is 11.9 Å². The largest absolute Gasteiger partial charge is 0.391 e. The van der Waals surface area contributed by atoms with E-state index >= 15 is 0 Å². The first-order valence-electron chi connectivity index (χ1n) is 6.46. The van der Waals surface area contributed by atoms with Crippen molar-refractivity contribution in [2.45, 2.75) is 31.9 Å². The molecular weight excluding hydrogens is 260 g/mol. The molecule has 1 aliphatic carbocycles. The summed E-state index contributed by atoms with van der Waals surface area (Å²) >= 11 is 1.60. The number of rotatable bonds is 5. The van der Waals surface area contributed by atoms with Gasteiger partial charge in [-0.05, 0) is 12.8 Å². The first-order valence-corrected chi connectivity index (χ1v) is 7.28. The quantitative estimate of drug-likeness (QED) is 0.907. The summed E-state index contributed by atoms with van der Waals surface area (Å²) < 4.78 is 1.81. The van der Waals surface area contributed by atoms with Crippen molar-refractivity contribution in [3.05, 3.63) is 28.5 Å². The number of aliphatic hydroxyl groups excluding tert-OH is 1. The van der Waals surface area contributed by atoms with E-state index in [1.807, 2.05) is 26.5 Å². The first-order chi connectivity index (χ1) is 9.17. The van der Waals surface area contributed by atoms with Crippen LogP contribution in [0.2, 0.25) is 0 Å². The molecule has 0 aliphatic heterocycles. The summed E-state index contributed by atoms with van der Waals surface area (Å²) in [5.74, 6) is 0.582. The predicted octanol–water partition coefficient (Wildman–Crippen LogP) is 1.88. The smallest absolute Gasteiger partial charge is 0.185 e. The van der Waals surface area contributed by atoms with E-state index in [1.54, 1.807) is 16.0 Å². The van der Waals surface area contributed by atoms with E-state index in [0.29, 0.717) is 5.92 Å². The third-order valence-electron chi connectivity index (χ3n) is 3.33. The van der Waals surface area contributed by atoms with Crippen LogP contribution in [-0.4, -0.2) is 26.9 Å². The number of hydrogen-bond acceptors (Lipinski definition) is 5. The molecule has 0 radical (unpaired) electrons. The Kier molecular flexibility index (Phi) is 3.28. The Hall–Kier alpha value is -1.40. The number of aliphatic hydroxyl groups is 1. The molecule has 0 amide bonds. The number of hydrogen-bond donors (Lipinski definition) is 1.